The van der Waals surface area contributed by atoms with Crippen LogP contribution in [0.25, 0.3) is 0 Å². The van der Waals surface area contributed by atoms with Crippen molar-refractivity contribution >= 4 is 71.5 Å². The van der Waals surface area contributed by atoms with Crippen molar-refractivity contribution in [2.45, 2.75) is 13.8 Å². The van der Waals surface area contributed by atoms with Gasteiger partial charge in [-0.25, -0.2) is 6.10 Å². The van der Waals surface area contributed by atoms with Crippen molar-refractivity contribution in [3.8, 4) is 0 Å². The Morgan fingerprint density at radius 1 is 0.308 bits per heavy atom. The third-order valence-electron chi connectivity index (χ3n) is 10.3. The minimum absolute atomic E-state index is 0. The van der Waals surface area contributed by atoms with E-state index in [0.29, 0.717) is 0 Å². The molecule has 0 aliphatic carbocycles. The van der Waals surface area contributed by atoms with E-state index in [2.05, 4.69) is 212 Å². The molecule has 9 aromatic rings. The summed E-state index contributed by atoms with van der Waals surface area (Å²) in [5, 5.41) is 25.9. The van der Waals surface area contributed by atoms with E-state index in [9.17, 15) is 5.11 Å². The molecule has 6 heteroatoms. The summed E-state index contributed by atoms with van der Waals surface area (Å²) in [6, 6.07) is 91.0. The van der Waals surface area contributed by atoms with Crippen LogP contribution in [0.1, 0.15) is 25.0 Å². The Morgan fingerprint density at radius 3 is 0.723 bits per heavy atom. The van der Waals surface area contributed by atoms with E-state index in [0.717, 1.165) is 34.9 Å². The van der Waals surface area contributed by atoms with Gasteiger partial charge >= 0.3 is 16.5 Å². The standard InChI is InChI=1S/C37H28OP2.C18H15P.C4H10O.Ni/c38-37(33-25-13-15-27-35(33)39(29-17-5-1-6-18-29)30-19-7-2-8-20-30)34-26-14-16-28-36(34)40(31-21-9-3-10-22-31)32-23-11-4-12-24-32;1-4-10-16(11-5-1)19(17-12-6-2-7-13-17)18-14-8-3-9-15-18;1-3-5-4-2;/h1-28H;1-15H;3-4H2,1-2H3;/q-2;;;+2. The Bertz CT molecular complexity index is 2380. The van der Waals surface area contributed by atoms with Gasteiger partial charge in [0.25, 0.3) is 0 Å². The van der Waals surface area contributed by atoms with Crippen LogP contribution in [0.5, 0.6) is 0 Å². The van der Waals surface area contributed by atoms with E-state index in [1.54, 1.807) is 0 Å². The van der Waals surface area contributed by atoms with Crippen molar-refractivity contribution in [1.82, 2.24) is 0 Å². The normalized spacial score (nSPS) is 10.6. The van der Waals surface area contributed by atoms with Gasteiger partial charge in [-0.3, -0.25) is 0 Å². The molecule has 65 heavy (non-hydrogen) atoms. The summed E-state index contributed by atoms with van der Waals surface area (Å²) in [4.78, 5) is 0. The summed E-state index contributed by atoms with van der Waals surface area (Å²) in [7, 11) is -2.28. The Labute approximate surface area is 400 Å². The second-order valence-corrected chi connectivity index (χ2v) is 21.1. The van der Waals surface area contributed by atoms with Gasteiger partial charge in [-0.1, -0.05) is 259 Å². The molecule has 2 nitrogen and oxygen atoms in total. The zero-order chi connectivity index (χ0) is 44.2. The molecule has 0 aliphatic heterocycles. The average molecular weight is 946 g/mol. The van der Waals surface area contributed by atoms with E-state index in [1.807, 2.05) is 62.4 Å². The van der Waals surface area contributed by atoms with Crippen LogP contribution in [0.3, 0.4) is 0 Å². The molecule has 9 aromatic carbocycles. The van der Waals surface area contributed by atoms with Crippen LogP contribution in [0.4, 0.5) is 0 Å². The van der Waals surface area contributed by atoms with Crippen LogP contribution in [0.2, 0.25) is 0 Å². The molecule has 0 saturated heterocycles. The van der Waals surface area contributed by atoms with Gasteiger partial charge in [-0.2, -0.15) is 0 Å². The summed E-state index contributed by atoms with van der Waals surface area (Å²) in [5.41, 5.74) is 1.54. The SMILES string of the molecule is CCOCC.[Ni+2].[O-][C-](c1ccccc1P(c1ccccc1)c1ccccc1)c1ccccc1P(c1ccccc1)c1ccccc1.c1ccc(P(c2ccccc2)c2ccccc2)cc1. The van der Waals surface area contributed by atoms with Crippen molar-refractivity contribution in [1.29, 1.82) is 0 Å². The predicted molar refractivity (Wildman–Crippen MR) is 279 cm³/mol. The van der Waals surface area contributed by atoms with Gasteiger partial charge < -0.3 is 9.84 Å². The molecule has 326 valence electrons. The summed E-state index contributed by atoms with van der Waals surface area (Å²) in [6.45, 7) is 5.67. The molecule has 0 fully saturated rings. The van der Waals surface area contributed by atoms with Gasteiger partial charge in [-0.05, 0) is 74.7 Å². The first kappa shape index (κ1) is 49.0. The molecular formula is C59H53NiO2P3. The zero-order valence-electron chi connectivity index (χ0n) is 36.7. The molecule has 0 heterocycles. The maximum Gasteiger partial charge on any atom is 2.00 e. The Balaban J connectivity index is 0.000000232. The molecule has 9 rings (SSSR count). The molecule has 0 radical (unpaired) electrons. The maximum atomic E-state index is 14.6. The van der Waals surface area contributed by atoms with Crippen molar-refractivity contribution in [3.05, 3.63) is 278 Å². The number of hydrogen-bond acceptors (Lipinski definition) is 2. The first-order valence-electron chi connectivity index (χ1n) is 21.7. The van der Waals surface area contributed by atoms with Crippen LogP contribution in [-0.4, -0.2) is 13.2 Å². The van der Waals surface area contributed by atoms with Crippen molar-refractivity contribution in [2.24, 2.45) is 0 Å². The molecule has 0 atom stereocenters. The Kier molecular flexibility index (Phi) is 20.0. The molecule has 0 amide bonds. The van der Waals surface area contributed by atoms with Crippen LogP contribution in [-0.2, 0) is 21.2 Å². The second kappa shape index (κ2) is 26.5. The van der Waals surface area contributed by atoms with Crippen LogP contribution in [0, 0.1) is 6.10 Å². The van der Waals surface area contributed by atoms with Gasteiger partial charge in [0.05, 0.1) is 0 Å². The van der Waals surface area contributed by atoms with Gasteiger partial charge in [-0.15, -0.1) is 23.3 Å². The molecule has 0 bridgehead atoms. The van der Waals surface area contributed by atoms with Crippen LogP contribution in [0.15, 0.2) is 261 Å². The Hall–Kier alpha value is -5.45. The summed E-state index contributed by atoms with van der Waals surface area (Å²) in [5.74, 6) is 0. The van der Waals surface area contributed by atoms with E-state index in [1.165, 1.54) is 37.1 Å². The fourth-order valence-corrected chi connectivity index (χ4v) is 14.6. The van der Waals surface area contributed by atoms with E-state index in [4.69, 9.17) is 4.74 Å². The molecule has 0 aromatic heterocycles. The summed E-state index contributed by atoms with van der Waals surface area (Å²) >= 11 is 0. The number of ether oxygens (including phenoxy) is 1. The third kappa shape index (κ3) is 13.3. The topological polar surface area (TPSA) is 32.3 Å². The van der Waals surface area contributed by atoms with Gasteiger partial charge in [0.2, 0.25) is 0 Å². The van der Waals surface area contributed by atoms with E-state index >= 15 is 0 Å². The predicted octanol–water partition coefficient (Wildman–Crippen LogP) is 9.98. The fourth-order valence-electron chi connectivity index (χ4n) is 7.41. The molecule has 0 N–H and O–H groups in total. The van der Waals surface area contributed by atoms with Crippen molar-refractivity contribution < 1.29 is 26.3 Å². The minimum atomic E-state index is -0.918. The van der Waals surface area contributed by atoms with Crippen molar-refractivity contribution in [3.63, 3.8) is 0 Å². The van der Waals surface area contributed by atoms with E-state index < -0.39 is 23.8 Å². The van der Waals surface area contributed by atoms with Crippen LogP contribution >= 0.6 is 23.8 Å². The van der Waals surface area contributed by atoms with Crippen LogP contribution < -0.4 is 52.8 Å². The van der Waals surface area contributed by atoms with Gasteiger partial charge in [0.1, 0.15) is 0 Å². The first-order chi connectivity index (χ1) is 31.7. The number of hydrogen-bond donors (Lipinski definition) is 0. The molecule has 0 saturated carbocycles. The summed E-state index contributed by atoms with van der Waals surface area (Å²) < 4.78 is 4.83. The van der Waals surface area contributed by atoms with Crippen molar-refractivity contribution in [2.75, 3.05) is 13.2 Å². The van der Waals surface area contributed by atoms with E-state index in [-0.39, 0.29) is 22.6 Å². The maximum absolute atomic E-state index is 14.6. The third-order valence-corrected chi connectivity index (χ3v) is 17.7. The molecule has 0 unspecified atom stereocenters. The molecule has 0 aliphatic rings. The number of benzene rings is 9. The second-order valence-electron chi connectivity index (χ2n) is 14.5. The first-order valence-corrected chi connectivity index (χ1v) is 25.8. The average Bonchev–Trinajstić information content (AvgIpc) is 3.37. The molecule has 0 spiro atoms. The van der Waals surface area contributed by atoms with Gasteiger partial charge in [0, 0.05) is 13.2 Å². The quantitative estimate of drug-likeness (QED) is 0.0656. The minimum Gasteiger partial charge on any atom is -0.865 e. The zero-order valence-corrected chi connectivity index (χ0v) is 40.4. The smallest absolute Gasteiger partial charge is 0.865 e. The largest absolute Gasteiger partial charge is 2.00 e. The summed E-state index contributed by atoms with van der Waals surface area (Å²) in [6.07, 6.45) is 0.0740. The monoisotopic (exact) mass is 944 g/mol. The number of rotatable bonds is 13. The molecular weight excluding hydrogens is 892 g/mol. The van der Waals surface area contributed by atoms with Gasteiger partial charge in [0.15, 0.2) is 0 Å². The Morgan fingerprint density at radius 2 is 0.508 bits per heavy atom. The fraction of sp³-hybridized carbons (Fsp3) is 0.0678.